The molecule has 6 rings (SSSR count). The maximum absolute atomic E-state index is 12.1. The van der Waals surface area contributed by atoms with Gasteiger partial charge >= 0.3 is 47.9 Å². The van der Waals surface area contributed by atoms with Gasteiger partial charge in [0.25, 0.3) is 0 Å². The van der Waals surface area contributed by atoms with Crippen LogP contribution >= 0.6 is 0 Å². The van der Waals surface area contributed by atoms with Gasteiger partial charge in [-0.05, 0) is 72.8 Å². The Morgan fingerprint density at radius 1 is 0.271 bits per heavy atom. The highest BCUT2D eigenvalue weighted by Crippen LogP contribution is 2.54. The Labute approximate surface area is 390 Å². The van der Waals surface area contributed by atoms with Crippen molar-refractivity contribution in [2.75, 3.05) is 0 Å². The van der Waals surface area contributed by atoms with Crippen molar-refractivity contribution in [3.8, 4) is 0 Å². The lowest BCUT2D eigenvalue weighted by molar-refractivity contribution is -0.410. The summed E-state index contributed by atoms with van der Waals surface area (Å²) >= 11 is 0. The minimum absolute atomic E-state index is 0.0146. The van der Waals surface area contributed by atoms with Crippen molar-refractivity contribution in [2.24, 2.45) is 0 Å². The zero-order valence-corrected chi connectivity index (χ0v) is 36.2. The van der Waals surface area contributed by atoms with Crippen molar-refractivity contribution in [3.63, 3.8) is 0 Å². The van der Waals surface area contributed by atoms with Crippen LogP contribution in [0.1, 0.15) is 0 Å². The van der Waals surface area contributed by atoms with Crippen molar-refractivity contribution in [1.29, 1.82) is 0 Å². The summed E-state index contributed by atoms with van der Waals surface area (Å²) in [6, 6.07) is 64.3. The van der Waals surface area contributed by atoms with Crippen LogP contribution in [0.4, 0.5) is 79.0 Å². The molecule has 0 N–H and O–H groups in total. The molecule has 0 aliphatic carbocycles. The first-order valence-electron chi connectivity index (χ1n) is 18.9. The van der Waals surface area contributed by atoms with Crippen molar-refractivity contribution in [1.82, 2.24) is 0 Å². The number of alkyl halides is 18. The summed E-state index contributed by atoms with van der Waals surface area (Å²) in [6.07, 6.45) is -14.1. The minimum Gasteiger partial charge on any atom is -0.544 e. The molecular formula is C46H30F18O4S2. The summed E-state index contributed by atoms with van der Waals surface area (Å²) in [5.74, 6) is -50.1. The Morgan fingerprint density at radius 3 is 0.529 bits per heavy atom. The predicted molar refractivity (Wildman–Crippen MR) is 215 cm³/mol. The highest BCUT2D eigenvalue weighted by Gasteiger charge is 2.83. The van der Waals surface area contributed by atoms with Crippen LogP contribution < -0.4 is 10.2 Å². The SMILES string of the molecule is O=C([O-])C(F)(F)C(F)(F)C(F)(F)C(F)(F)F.O=C([O-])C(F)(F)C(F)(F)C(F)(F)C(F)(F)F.c1ccc([S+](c2ccccc2)c2ccccc2)cc1.c1ccc([S+](c2ccccc2)c2ccccc2)cc1. The van der Waals surface area contributed by atoms with Gasteiger partial charge in [0.05, 0.1) is 21.8 Å². The Bertz CT molecular complexity index is 2170. The molecule has 0 unspecified atom stereocenters. The summed E-state index contributed by atoms with van der Waals surface area (Å²) in [7, 11) is -0.0293. The van der Waals surface area contributed by atoms with E-state index in [-0.39, 0.29) is 21.8 Å². The molecule has 4 nitrogen and oxygen atoms in total. The molecule has 0 fully saturated rings. The molecule has 0 aliphatic heterocycles. The Balaban J connectivity index is 0.000000248. The van der Waals surface area contributed by atoms with E-state index in [2.05, 4.69) is 182 Å². The van der Waals surface area contributed by atoms with Crippen LogP contribution in [0.25, 0.3) is 0 Å². The van der Waals surface area contributed by atoms with Crippen molar-refractivity contribution in [3.05, 3.63) is 182 Å². The van der Waals surface area contributed by atoms with Gasteiger partial charge in [0.2, 0.25) is 0 Å². The lowest BCUT2D eigenvalue weighted by Crippen LogP contribution is -2.65. The average Bonchev–Trinajstić information content (AvgIpc) is 3.31. The number of carbonyl (C=O) groups excluding carboxylic acids is 2. The van der Waals surface area contributed by atoms with Crippen LogP contribution in [0.3, 0.4) is 0 Å². The number of carbonyl (C=O) groups is 2. The van der Waals surface area contributed by atoms with Gasteiger partial charge in [-0.2, -0.15) is 79.0 Å². The third kappa shape index (κ3) is 13.1. The molecule has 0 heterocycles. The molecule has 0 atom stereocenters. The molecule has 0 amide bonds. The first kappa shape index (κ1) is 58.0. The Morgan fingerprint density at radius 2 is 0.414 bits per heavy atom. The second-order valence-electron chi connectivity index (χ2n) is 13.5. The second kappa shape index (κ2) is 23.1. The number of halogens is 18. The first-order valence-corrected chi connectivity index (χ1v) is 21.4. The smallest absolute Gasteiger partial charge is 0.460 e. The fourth-order valence-corrected chi connectivity index (χ4v) is 9.37. The van der Waals surface area contributed by atoms with Gasteiger partial charge in [-0.1, -0.05) is 109 Å². The maximum Gasteiger partial charge on any atom is 0.460 e. The first-order chi connectivity index (χ1) is 32.3. The van der Waals surface area contributed by atoms with Crippen LogP contribution in [-0.4, -0.2) is 59.8 Å². The molecule has 0 aromatic heterocycles. The highest BCUT2D eigenvalue weighted by atomic mass is 32.2. The molecule has 376 valence electrons. The fraction of sp³-hybridized carbons (Fsp3) is 0.174. The number of carboxylic acids is 2. The van der Waals surface area contributed by atoms with E-state index in [4.69, 9.17) is 0 Å². The van der Waals surface area contributed by atoms with Gasteiger partial charge < -0.3 is 19.8 Å². The van der Waals surface area contributed by atoms with E-state index >= 15 is 0 Å². The third-order valence-electron chi connectivity index (χ3n) is 8.68. The van der Waals surface area contributed by atoms with Crippen LogP contribution in [0.15, 0.2) is 211 Å². The van der Waals surface area contributed by atoms with Crippen molar-refractivity contribution >= 4 is 33.7 Å². The molecule has 0 saturated carbocycles. The van der Waals surface area contributed by atoms with E-state index in [9.17, 15) is 98.8 Å². The molecular weight excluding hydrogens is 1020 g/mol. The largest absolute Gasteiger partial charge is 0.544 e. The second-order valence-corrected chi connectivity index (χ2v) is 17.6. The summed E-state index contributed by atoms with van der Waals surface area (Å²) in [6.45, 7) is 0. The normalized spacial score (nSPS) is 12.6. The molecule has 0 radical (unpaired) electrons. The van der Waals surface area contributed by atoms with Crippen LogP contribution in [-0.2, 0) is 31.4 Å². The van der Waals surface area contributed by atoms with E-state index in [1.165, 1.54) is 29.4 Å². The van der Waals surface area contributed by atoms with Gasteiger partial charge in [0, 0.05) is 0 Å². The van der Waals surface area contributed by atoms with Crippen molar-refractivity contribution in [2.45, 2.75) is 77.3 Å². The third-order valence-corrected chi connectivity index (χ3v) is 13.1. The van der Waals surface area contributed by atoms with Crippen LogP contribution in [0.2, 0.25) is 0 Å². The Kier molecular flexibility index (Phi) is 19.1. The Hall–Kier alpha value is -6.30. The van der Waals surface area contributed by atoms with Crippen LogP contribution in [0, 0.1) is 0 Å². The summed E-state index contributed by atoms with van der Waals surface area (Å²) in [4.78, 5) is 27.0. The van der Waals surface area contributed by atoms with E-state index in [0.717, 1.165) is 0 Å². The summed E-state index contributed by atoms with van der Waals surface area (Å²) in [5.41, 5.74) is 0. The number of carboxylic acid groups (broad SMARTS) is 2. The topological polar surface area (TPSA) is 80.3 Å². The summed E-state index contributed by atoms with van der Waals surface area (Å²) < 4.78 is 212. The van der Waals surface area contributed by atoms with E-state index < -0.39 is 59.8 Å². The van der Waals surface area contributed by atoms with E-state index in [1.54, 1.807) is 0 Å². The number of rotatable bonds is 12. The lowest BCUT2D eigenvalue weighted by atomic mass is 10.0. The highest BCUT2D eigenvalue weighted by molar-refractivity contribution is 7.97. The fourth-order valence-electron chi connectivity index (χ4n) is 5.16. The molecule has 24 heteroatoms. The van der Waals surface area contributed by atoms with Crippen LogP contribution in [0.5, 0.6) is 0 Å². The van der Waals surface area contributed by atoms with Gasteiger partial charge in [-0.3, -0.25) is 0 Å². The number of hydrogen-bond acceptors (Lipinski definition) is 4. The zero-order chi connectivity index (χ0) is 53.0. The number of benzene rings is 6. The summed E-state index contributed by atoms with van der Waals surface area (Å²) in [5, 5.41) is 18.8. The molecule has 0 bridgehead atoms. The number of aliphatic carboxylic acids is 2. The molecule has 0 spiro atoms. The van der Waals surface area contributed by atoms with Gasteiger partial charge in [-0.25, -0.2) is 0 Å². The molecule has 0 saturated heterocycles. The van der Waals surface area contributed by atoms with Gasteiger partial charge in [0.1, 0.15) is 11.9 Å². The van der Waals surface area contributed by atoms with E-state index in [0.29, 0.717) is 0 Å². The zero-order valence-electron chi connectivity index (χ0n) is 34.6. The average molecular weight is 1050 g/mol. The maximum atomic E-state index is 12.1. The monoisotopic (exact) mass is 1050 g/mol. The lowest BCUT2D eigenvalue weighted by Gasteiger charge is -2.33. The van der Waals surface area contributed by atoms with Gasteiger partial charge in [-0.15, -0.1) is 0 Å². The molecule has 6 aromatic carbocycles. The molecule has 0 aliphatic rings. The standard InChI is InChI=1S/2C18H15S.2C5HF9O2/c2*1-4-10-16(11-5-1)19(17-12-6-2-7-13-17)18-14-8-3-9-15-18;2*6-2(7,1(15)16)3(8,9)4(10,11)5(12,13)14/h2*1-15H;2*(H,15,16)/q2*+1;;/p-2. The molecule has 6 aromatic rings. The van der Waals surface area contributed by atoms with E-state index in [1.807, 2.05) is 0 Å². The molecule has 70 heavy (non-hydrogen) atoms. The van der Waals surface area contributed by atoms with Crippen molar-refractivity contribution < 1.29 is 98.8 Å². The predicted octanol–water partition coefficient (Wildman–Crippen LogP) is 12.0. The number of hydrogen-bond donors (Lipinski definition) is 0. The van der Waals surface area contributed by atoms with Gasteiger partial charge in [0.15, 0.2) is 29.4 Å². The quantitative estimate of drug-likeness (QED) is 0.0903. The minimum atomic E-state index is -7.20.